The maximum atomic E-state index is 5.09. The van der Waals surface area contributed by atoms with Crippen LogP contribution in [-0.2, 0) is 0 Å². The van der Waals surface area contributed by atoms with Gasteiger partial charge in [-0.15, -0.1) is 12.3 Å². The summed E-state index contributed by atoms with van der Waals surface area (Å²) < 4.78 is 0. The van der Waals surface area contributed by atoms with Crippen molar-refractivity contribution >= 4 is 9.39 Å². The summed E-state index contributed by atoms with van der Waals surface area (Å²) in [5.41, 5.74) is 0.0689. The van der Waals surface area contributed by atoms with Crippen molar-refractivity contribution in [3.63, 3.8) is 0 Å². The Hall–Kier alpha value is -0.0500. The Balaban J connectivity index is 3.58. The van der Waals surface area contributed by atoms with Gasteiger partial charge < -0.3 is 0 Å². The van der Waals surface area contributed by atoms with Gasteiger partial charge in [-0.05, 0) is 13.8 Å². The molecule has 0 amide bonds. The van der Waals surface area contributed by atoms with E-state index in [0.717, 1.165) is 6.42 Å². The van der Waals surface area contributed by atoms with Crippen LogP contribution in [0.2, 0.25) is 0 Å². The van der Waals surface area contributed by atoms with Crippen molar-refractivity contribution < 1.29 is 0 Å². The van der Waals surface area contributed by atoms with Gasteiger partial charge in [0.15, 0.2) is 0 Å². The molecule has 0 heterocycles. The number of rotatable bonds is 2. The molecule has 0 bridgehead atoms. The second kappa shape index (κ2) is 3.07. The van der Waals surface area contributed by atoms with Crippen LogP contribution in [0.5, 0.6) is 0 Å². The molecule has 46 valence electrons. The van der Waals surface area contributed by atoms with Crippen LogP contribution >= 0.6 is 9.39 Å². The Bertz CT molecular complexity index is 102. The van der Waals surface area contributed by atoms with E-state index in [2.05, 4.69) is 34.2 Å². The molecular formula is C6H12NP. The fraction of sp³-hybridized carbons (Fsp3) is 0.667. The lowest BCUT2D eigenvalue weighted by Crippen LogP contribution is -2.30. The van der Waals surface area contributed by atoms with Gasteiger partial charge in [-0.3, -0.25) is 5.09 Å². The molecule has 0 radical (unpaired) electrons. The number of hydrogen-bond acceptors (Lipinski definition) is 1. The third-order valence-electron chi connectivity index (χ3n) is 0.935. The average molecular weight is 129 g/mol. The molecule has 1 atom stereocenters. The Morgan fingerprint density at radius 1 is 1.75 bits per heavy atom. The molecule has 1 unspecified atom stereocenters. The van der Waals surface area contributed by atoms with Gasteiger partial charge in [0.25, 0.3) is 0 Å². The Morgan fingerprint density at radius 2 is 2.25 bits per heavy atom. The highest BCUT2D eigenvalue weighted by Crippen LogP contribution is 2.07. The van der Waals surface area contributed by atoms with Crippen LogP contribution in [0.3, 0.4) is 0 Å². The molecular weight excluding hydrogens is 117 g/mol. The largest absolute Gasteiger partial charge is 0.295 e. The lowest BCUT2D eigenvalue weighted by Gasteiger charge is -2.19. The Labute approximate surface area is 53.5 Å². The molecule has 8 heavy (non-hydrogen) atoms. The molecule has 0 fully saturated rings. The molecule has 0 aromatic heterocycles. The van der Waals surface area contributed by atoms with Crippen molar-refractivity contribution in [1.82, 2.24) is 5.09 Å². The fourth-order valence-electron chi connectivity index (χ4n) is 0.306. The monoisotopic (exact) mass is 129 g/mol. The summed E-state index contributed by atoms with van der Waals surface area (Å²) >= 11 is 0. The van der Waals surface area contributed by atoms with Crippen molar-refractivity contribution in [2.24, 2.45) is 0 Å². The van der Waals surface area contributed by atoms with Crippen molar-refractivity contribution in [2.75, 3.05) is 0 Å². The van der Waals surface area contributed by atoms with E-state index in [1.165, 1.54) is 0 Å². The number of hydrogen-bond donors (Lipinski definition) is 1. The van der Waals surface area contributed by atoms with Crippen LogP contribution < -0.4 is 5.09 Å². The minimum atomic E-state index is 0.0689. The number of terminal acetylenes is 1. The zero-order chi connectivity index (χ0) is 6.62. The smallest absolute Gasteiger partial charge is 0.0266 e. The summed E-state index contributed by atoms with van der Waals surface area (Å²) in [5.74, 6) is 2.58. The van der Waals surface area contributed by atoms with Crippen molar-refractivity contribution in [3.8, 4) is 12.3 Å². The van der Waals surface area contributed by atoms with E-state index in [1.54, 1.807) is 0 Å². The van der Waals surface area contributed by atoms with Gasteiger partial charge in [-0.2, -0.15) is 0 Å². The highest BCUT2D eigenvalue weighted by molar-refractivity contribution is 7.13. The third kappa shape index (κ3) is 3.02. The van der Waals surface area contributed by atoms with Crippen molar-refractivity contribution in [3.05, 3.63) is 0 Å². The molecule has 0 spiro atoms. The second-order valence-electron chi connectivity index (χ2n) is 2.41. The first kappa shape index (κ1) is 7.95. The molecule has 2 heteroatoms. The summed E-state index contributed by atoms with van der Waals surface area (Å²) in [4.78, 5) is 0. The van der Waals surface area contributed by atoms with Crippen molar-refractivity contribution in [1.29, 1.82) is 0 Å². The highest BCUT2D eigenvalue weighted by Gasteiger charge is 2.11. The molecule has 0 rings (SSSR count). The molecule has 1 nitrogen and oxygen atoms in total. The van der Waals surface area contributed by atoms with E-state index in [4.69, 9.17) is 6.42 Å². The molecule has 0 saturated carbocycles. The molecule has 0 aliphatic rings. The molecule has 1 N–H and O–H groups in total. The van der Waals surface area contributed by atoms with E-state index >= 15 is 0 Å². The Morgan fingerprint density at radius 3 is 2.38 bits per heavy atom. The van der Waals surface area contributed by atoms with E-state index in [1.807, 2.05) is 0 Å². The molecule has 0 aromatic rings. The zero-order valence-electron chi connectivity index (χ0n) is 5.36. The quantitative estimate of drug-likeness (QED) is 0.436. The fourth-order valence-corrected chi connectivity index (χ4v) is 0.408. The average Bonchev–Trinajstić information content (AvgIpc) is 1.67. The second-order valence-corrected chi connectivity index (χ2v) is 2.70. The van der Waals surface area contributed by atoms with Crippen molar-refractivity contribution in [2.45, 2.75) is 25.8 Å². The molecule has 0 saturated heterocycles. The highest BCUT2D eigenvalue weighted by atomic mass is 31.0. The van der Waals surface area contributed by atoms with E-state index in [-0.39, 0.29) is 5.54 Å². The van der Waals surface area contributed by atoms with Crippen LogP contribution in [-0.4, -0.2) is 5.54 Å². The third-order valence-corrected chi connectivity index (χ3v) is 1.72. The Kier molecular flexibility index (Phi) is 3.05. The van der Waals surface area contributed by atoms with Gasteiger partial charge in [-0.25, -0.2) is 0 Å². The first-order valence-corrected chi connectivity index (χ1v) is 3.11. The van der Waals surface area contributed by atoms with E-state index in [0.29, 0.717) is 0 Å². The lowest BCUT2D eigenvalue weighted by molar-refractivity contribution is 0.495. The van der Waals surface area contributed by atoms with Gasteiger partial charge in [0.05, 0.1) is 0 Å². The first-order chi connectivity index (χ1) is 3.62. The normalized spacial score (nSPS) is 10.8. The minimum Gasteiger partial charge on any atom is -0.295 e. The van der Waals surface area contributed by atoms with Crippen LogP contribution in [0.4, 0.5) is 0 Å². The van der Waals surface area contributed by atoms with Crippen LogP contribution in [0.25, 0.3) is 0 Å². The van der Waals surface area contributed by atoms with Crippen LogP contribution in [0.1, 0.15) is 20.3 Å². The van der Waals surface area contributed by atoms with Gasteiger partial charge in [-0.1, -0.05) is 9.39 Å². The zero-order valence-corrected chi connectivity index (χ0v) is 6.52. The summed E-state index contributed by atoms with van der Waals surface area (Å²) in [7, 11) is 2.45. The SMILES string of the molecule is C#CCC(C)(C)NP. The minimum absolute atomic E-state index is 0.0689. The summed E-state index contributed by atoms with van der Waals surface area (Å²) in [6.07, 6.45) is 5.85. The van der Waals surface area contributed by atoms with E-state index in [9.17, 15) is 0 Å². The summed E-state index contributed by atoms with van der Waals surface area (Å²) in [6.45, 7) is 4.11. The van der Waals surface area contributed by atoms with Crippen LogP contribution in [0.15, 0.2) is 0 Å². The van der Waals surface area contributed by atoms with Gasteiger partial charge >= 0.3 is 0 Å². The summed E-state index contributed by atoms with van der Waals surface area (Å²) in [6, 6.07) is 0. The predicted octanol–water partition coefficient (Wildman–Crippen LogP) is 1.17. The van der Waals surface area contributed by atoms with Gasteiger partial charge in [0.1, 0.15) is 0 Å². The molecule has 0 aliphatic carbocycles. The standard InChI is InChI=1S/C6H12NP/c1-4-5-6(2,3)7-8/h1,7H,5,8H2,2-3H3. The van der Waals surface area contributed by atoms with Gasteiger partial charge in [0.2, 0.25) is 0 Å². The summed E-state index contributed by atoms with van der Waals surface area (Å²) in [5, 5.41) is 3.02. The molecule has 0 aliphatic heterocycles. The van der Waals surface area contributed by atoms with E-state index < -0.39 is 0 Å². The number of nitrogens with one attached hydrogen (secondary N) is 1. The predicted molar refractivity (Wildman–Crippen MR) is 40.4 cm³/mol. The first-order valence-electron chi connectivity index (χ1n) is 2.53. The molecule has 0 aromatic carbocycles. The van der Waals surface area contributed by atoms with Gasteiger partial charge in [0, 0.05) is 12.0 Å². The van der Waals surface area contributed by atoms with Crippen LogP contribution in [0, 0.1) is 12.3 Å². The maximum absolute atomic E-state index is 5.09. The lowest BCUT2D eigenvalue weighted by atomic mass is 10.0. The topological polar surface area (TPSA) is 12.0 Å². The maximum Gasteiger partial charge on any atom is 0.0266 e.